The third-order valence-corrected chi connectivity index (χ3v) is 3.72. The van der Waals surface area contributed by atoms with Gasteiger partial charge in [-0.15, -0.1) is 0 Å². The quantitative estimate of drug-likeness (QED) is 0.570. The van der Waals surface area contributed by atoms with Gasteiger partial charge in [-0.25, -0.2) is 4.79 Å². The second-order valence-corrected chi connectivity index (χ2v) is 4.73. The summed E-state index contributed by atoms with van der Waals surface area (Å²) in [6.07, 6.45) is -0.889. The van der Waals surface area contributed by atoms with Crippen molar-refractivity contribution in [1.29, 1.82) is 0 Å². The number of nitrogens with zero attached hydrogens (tertiary/aromatic N) is 1. The Morgan fingerprint density at radius 3 is 2.79 bits per heavy atom. The zero-order valence-corrected chi connectivity index (χ0v) is 9.98. The Morgan fingerprint density at radius 2 is 2.26 bits per heavy atom. The molecule has 1 aromatic rings. The molecule has 1 aromatic heterocycles. The van der Waals surface area contributed by atoms with Crippen molar-refractivity contribution >= 4 is 0 Å². The number of hydrogen-bond acceptors (Lipinski definition) is 6. The first-order valence-electron chi connectivity index (χ1n) is 5.98. The van der Waals surface area contributed by atoms with Gasteiger partial charge < -0.3 is 19.7 Å². The van der Waals surface area contributed by atoms with Crippen LogP contribution in [0.3, 0.4) is 0 Å². The molecule has 8 nitrogen and oxygen atoms in total. The predicted molar refractivity (Wildman–Crippen MR) is 61.6 cm³/mol. The third kappa shape index (κ3) is 1.68. The number of ether oxygens (including phenoxy) is 2. The first kappa shape index (κ1) is 12.5. The van der Waals surface area contributed by atoms with Crippen LogP contribution in [0.1, 0.15) is 12.6 Å². The van der Waals surface area contributed by atoms with Gasteiger partial charge in [-0.3, -0.25) is 14.3 Å². The van der Waals surface area contributed by atoms with E-state index in [0.29, 0.717) is 13.0 Å². The SMILES string of the molecule is O=c1ccn(C2O[C@H](CO)[C@@H](O)[C@@]23CCO3)c(=O)[nH]1. The van der Waals surface area contributed by atoms with Crippen molar-refractivity contribution in [2.75, 3.05) is 13.2 Å². The summed E-state index contributed by atoms with van der Waals surface area (Å²) in [6, 6.07) is 1.19. The fraction of sp³-hybridized carbons (Fsp3) is 0.636. The summed E-state index contributed by atoms with van der Waals surface area (Å²) in [7, 11) is 0. The van der Waals surface area contributed by atoms with E-state index in [1.54, 1.807) is 0 Å². The van der Waals surface area contributed by atoms with Crippen LogP contribution in [0.4, 0.5) is 0 Å². The number of aromatic amines is 1. The number of hydrogen-bond donors (Lipinski definition) is 3. The minimum atomic E-state index is -1.03. The summed E-state index contributed by atoms with van der Waals surface area (Å²) < 4.78 is 12.1. The summed E-state index contributed by atoms with van der Waals surface area (Å²) in [5.41, 5.74) is -2.18. The molecule has 1 unspecified atom stereocenters. The van der Waals surface area contributed by atoms with E-state index < -0.39 is 35.3 Å². The second kappa shape index (κ2) is 4.27. The maximum absolute atomic E-state index is 11.8. The van der Waals surface area contributed by atoms with Crippen LogP contribution in [0.25, 0.3) is 0 Å². The summed E-state index contributed by atoms with van der Waals surface area (Å²) in [5.74, 6) is 0. The molecular weight excluding hydrogens is 256 g/mol. The monoisotopic (exact) mass is 270 g/mol. The van der Waals surface area contributed by atoms with Crippen molar-refractivity contribution < 1.29 is 19.7 Å². The highest BCUT2D eigenvalue weighted by atomic mass is 16.6. The van der Waals surface area contributed by atoms with Gasteiger partial charge in [0.15, 0.2) is 6.23 Å². The van der Waals surface area contributed by atoms with Crippen LogP contribution in [0.2, 0.25) is 0 Å². The Kier molecular flexibility index (Phi) is 2.82. The van der Waals surface area contributed by atoms with Crippen LogP contribution in [0.5, 0.6) is 0 Å². The molecule has 0 amide bonds. The lowest BCUT2D eigenvalue weighted by molar-refractivity contribution is -0.227. The van der Waals surface area contributed by atoms with E-state index in [-0.39, 0.29) is 6.61 Å². The number of nitrogens with one attached hydrogen (secondary N) is 1. The Balaban J connectivity index is 2.04. The van der Waals surface area contributed by atoms with Crippen molar-refractivity contribution in [2.24, 2.45) is 0 Å². The fourth-order valence-corrected chi connectivity index (χ4v) is 2.64. The summed E-state index contributed by atoms with van der Waals surface area (Å²) in [4.78, 5) is 25.0. The van der Waals surface area contributed by atoms with Crippen LogP contribution in [-0.2, 0) is 9.47 Å². The normalized spacial score (nSPS) is 37.5. The number of aliphatic hydroxyl groups is 2. The molecule has 19 heavy (non-hydrogen) atoms. The van der Waals surface area contributed by atoms with Crippen LogP contribution < -0.4 is 11.2 Å². The molecule has 104 valence electrons. The average molecular weight is 270 g/mol. The minimum absolute atomic E-state index is 0.374. The summed E-state index contributed by atoms with van der Waals surface area (Å²) in [5, 5.41) is 19.3. The Morgan fingerprint density at radius 1 is 1.53 bits per heavy atom. The van der Waals surface area contributed by atoms with Crippen LogP contribution >= 0.6 is 0 Å². The van der Waals surface area contributed by atoms with Crippen molar-refractivity contribution in [3.8, 4) is 0 Å². The van der Waals surface area contributed by atoms with Gasteiger partial charge >= 0.3 is 5.69 Å². The average Bonchev–Trinajstić information content (AvgIpc) is 2.62. The molecule has 3 rings (SSSR count). The zero-order chi connectivity index (χ0) is 13.6. The van der Waals surface area contributed by atoms with Crippen LogP contribution in [0, 0.1) is 0 Å². The van der Waals surface area contributed by atoms with Gasteiger partial charge in [-0.05, 0) is 0 Å². The number of rotatable bonds is 2. The molecular formula is C11H14N2O6. The van der Waals surface area contributed by atoms with Gasteiger partial charge in [0.25, 0.3) is 5.56 Å². The number of H-pyrrole nitrogens is 1. The highest BCUT2D eigenvalue weighted by Gasteiger charge is 2.61. The zero-order valence-electron chi connectivity index (χ0n) is 9.98. The van der Waals surface area contributed by atoms with Crippen molar-refractivity contribution in [2.45, 2.75) is 30.5 Å². The standard InChI is InChI=1S/C11H14N2O6/c14-5-6-8(16)11(2-4-18-11)9(19-6)13-3-1-7(15)12-10(13)17/h1,3,6,8-9,14,16H,2,4-5H2,(H,12,15,17)/t6-,8-,9?,11+/m1/s1. The van der Waals surface area contributed by atoms with E-state index in [0.717, 1.165) is 0 Å². The van der Waals surface area contributed by atoms with Crippen molar-refractivity contribution in [3.63, 3.8) is 0 Å². The molecule has 0 radical (unpaired) electrons. The molecule has 0 bridgehead atoms. The topological polar surface area (TPSA) is 114 Å². The van der Waals surface area contributed by atoms with Gasteiger partial charge in [-0.1, -0.05) is 0 Å². The first-order chi connectivity index (χ1) is 9.08. The third-order valence-electron chi connectivity index (χ3n) is 3.72. The second-order valence-electron chi connectivity index (χ2n) is 4.73. The Bertz CT molecular complexity index is 589. The van der Waals surface area contributed by atoms with E-state index in [1.165, 1.54) is 16.8 Å². The summed E-state index contributed by atoms with van der Waals surface area (Å²) >= 11 is 0. The van der Waals surface area contributed by atoms with Gasteiger partial charge in [-0.2, -0.15) is 0 Å². The number of aromatic nitrogens is 2. The van der Waals surface area contributed by atoms with E-state index in [1.807, 2.05) is 0 Å². The van der Waals surface area contributed by atoms with Crippen LogP contribution in [0.15, 0.2) is 21.9 Å². The van der Waals surface area contributed by atoms with E-state index in [9.17, 15) is 19.8 Å². The predicted octanol–water partition coefficient (Wildman–Crippen LogP) is -2.05. The molecule has 2 aliphatic rings. The smallest absolute Gasteiger partial charge is 0.330 e. The van der Waals surface area contributed by atoms with Gasteiger partial charge in [0.05, 0.1) is 13.2 Å². The largest absolute Gasteiger partial charge is 0.394 e. The maximum atomic E-state index is 11.8. The van der Waals surface area contributed by atoms with E-state index >= 15 is 0 Å². The van der Waals surface area contributed by atoms with Crippen molar-refractivity contribution in [1.82, 2.24) is 9.55 Å². The molecule has 1 spiro atoms. The minimum Gasteiger partial charge on any atom is -0.394 e. The van der Waals surface area contributed by atoms with Gasteiger partial charge in [0, 0.05) is 18.7 Å². The molecule has 3 heterocycles. The first-order valence-corrected chi connectivity index (χ1v) is 5.98. The molecule has 0 saturated carbocycles. The molecule has 2 fully saturated rings. The summed E-state index contributed by atoms with van der Waals surface area (Å²) in [6.45, 7) is 0.0774. The van der Waals surface area contributed by atoms with E-state index in [2.05, 4.69) is 4.98 Å². The molecule has 3 N–H and O–H groups in total. The van der Waals surface area contributed by atoms with Crippen molar-refractivity contribution in [3.05, 3.63) is 33.1 Å². The lowest BCUT2D eigenvalue weighted by Crippen LogP contribution is -2.57. The molecule has 0 aromatic carbocycles. The number of aliphatic hydroxyl groups excluding tert-OH is 2. The molecule has 4 atom stereocenters. The lowest BCUT2D eigenvalue weighted by atomic mass is 9.86. The van der Waals surface area contributed by atoms with Gasteiger partial charge in [0.1, 0.15) is 17.8 Å². The Hall–Kier alpha value is -1.48. The lowest BCUT2D eigenvalue weighted by Gasteiger charge is -2.44. The highest BCUT2D eigenvalue weighted by Crippen LogP contribution is 2.47. The molecule has 2 aliphatic heterocycles. The molecule has 2 saturated heterocycles. The Labute approximate surface area is 107 Å². The van der Waals surface area contributed by atoms with E-state index in [4.69, 9.17) is 9.47 Å². The molecule has 0 aliphatic carbocycles. The molecule has 8 heteroatoms. The maximum Gasteiger partial charge on any atom is 0.330 e. The van der Waals surface area contributed by atoms with Gasteiger partial charge in [0.2, 0.25) is 0 Å². The van der Waals surface area contributed by atoms with Crippen LogP contribution in [-0.4, -0.2) is 50.8 Å². The highest BCUT2D eigenvalue weighted by molar-refractivity contribution is 5.07. The fourth-order valence-electron chi connectivity index (χ4n) is 2.64.